The highest BCUT2D eigenvalue weighted by Crippen LogP contribution is 2.20. The van der Waals surface area contributed by atoms with E-state index in [0.717, 1.165) is 11.1 Å². The summed E-state index contributed by atoms with van der Waals surface area (Å²) in [6.45, 7) is 3.40. The summed E-state index contributed by atoms with van der Waals surface area (Å²) in [6, 6.07) is 10.7. The first-order valence-corrected chi connectivity index (χ1v) is 8.96. The molecule has 0 unspecified atom stereocenters. The summed E-state index contributed by atoms with van der Waals surface area (Å²) in [5.41, 5.74) is 8.46. The predicted octanol–water partition coefficient (Wildman–Crippen LogP) is 3.24. The van der Waals surface area contributed by atoms with Crippen LogP contribution in [0.2, 0.25) is 5.02 Å². The third kappa shape index (κ3) is 6.59. The molecule has 0 fully saturated rings. The number of nitrogens with two attached hydrogens (primary N) is 1. The van der Waals surface area contributed by atoms with Crippen LogP contribution in [0.1, 0.15) is 29.2 Å². The third-order valence-electron chi connectivity index (χ3n) is 3.98. The topological polar surface area (TPSA) is 111 Å². The molecule has 0 aliphatic heterocycles. The van der Waals surface area contributed by atoms with Crippen molar-refractivity contribution in [3.8, 4) is 0 Å². The molecule has 0 saturated carbocycles. The zero-order valence-corrected chi connectivity index (χ0v) is 16.4. The second-order valence-corrected chi connectivity index (χ2v) is 6.78. The van der Waals surface area contributed by atoms with Crippen molar-refractivity contribution in [1.29, 1.82) is 0 Å². The summed E-state index contributed by atoms with van der Waals surface area (Å²) in [5, 5.41) is 5.70. The fraction of sp³-hybridized carbons (Fsp3) is 0.250. The normalized spacial score (nSPS) is 11.4. The summed E-state index contributed by atoms with van der Waals surface area (Å²) in [5.74, 6) is -1.10. The standard InChI is InChI=1S/C20H22ClN3O4/c1-12-3-8-16(13(2)9-12)23-18(25)11-28-19(26)10-17(24-20(22)27)14-4-6-15(21)7-5-14/h3-9,17H,10-11H2,1-2H3,(H,23,25)(H3,22,24,27)/t17-/m1/s1. The van der Waals surface area contributed by atoms with E-state index in [2.05, 4.69) is 10.6 Å². The number of anilines is 1. The van der Waals surface area contributed by atoms with Crippen LogP contribution in [0.3, 0.4) is 0 Å². The number of ether oxygens (including phenoxy) is 1. The van der Waals surface area contributed by atoms with Crippen LogP contribution in [0, 0.1) is 13.8 Å². The molecule has 28 heavy (non-hydrogen) atoms. The number of esters is 1. The van der Waals surface area contributed by atoms with Crippen LogP contribution >= 0.6 is 11.6 Å². The molecule has 2 aromatic rings. The van der Waals surface area contributed by atoms with Crippen LogP contribution in [-0.2, 0) is 14.3 Å². The van der Waals surface area contributed by atoms with E-state index in [1.165, 1.54) is 0 Å². The van der Waals surface area contributed by atoms with Gasteiger partial charge in [-0.2, -0.15) is 0 Å². The molecule has 0 radical (unpaired) electrons. The predicted molar refractivity (Wildman–Crippen MR) is 107 cm³/mol. The Kier molecular flexibility index (Phi) is 7.40. The van der Waals surface area contributed by atoms with Gasteiger partial charge in [-0.25, -0.2) is 4.79 Å². The third-order valence-corrected chi connectivity index (χ3v) is 4.23. The molecule has 4 N–H and O–H groups in total. The van der Waals surface area contributed by atoms with Crippen molar-refractivity contribution < 1.29 is 19.1 Å². The minimum atomic E-state index is -0.777. The van der Waals surface area contributed by atoms with Gasteiger partial charge in [-0.15, -0.1) is 0 Å². The molecule has 0 spiro atoms. The number of hydrogen-bond acceptors (Lipinski definition) is 4. The lowest BCUT2D eigenvalue weighted by Crippen LogP contribution is -2.35. The van der Waals surface area contributed by atoms with E-state index >= 15 is 0 Å². The minimum absolute atomic E-state index is 0.179. The van der Waals surface area contributed by atoms with E-state index in [4.69, 9.17) is 22.1 Å². The van der Waals surface area contributed by atoms with Gasteiger partial charge in [0.1, 0.15) is 0 Å². The van der Waals surface area contributed by atoms with Gasteiger partial charge in [-0.1, -0.05) is 41.4 Å². The second kappa shape index (κ2) is 9.75. The molecule has 0 heterocycles. The monoisotopic (exact) mass is 403 g/mol. The van der Waals surface area contributed by atoms with Crippen LogP contribution in [0.25, 0.3) is 0 Å². The molecule has 0 aliphatic rings. The first-order chi connectivity index (χ1) is 13.2. The summed E-state index contributed by atoms with van der Waals surface area (Å²) < 4.78 is 5.03. The number of urea groups is 1. The number of rotatable bonds is 7. The largest absolute Gasteiger partial charge is 0.455 e. The van der Waals surface area contributed by atoms with Gasteiger partial charge in [0.2, 0.25) is 0 Å². The van der Waals surface area contributed by atoms with Crippen molar-refractivity contribution in [2.75, 3.05) is 11.9 Å². The fourth-order valence-corrected chi connectivity index (χ4v) is 2.76. The highest BCUT2D eigenvalue weighted by molar-refractivity contribution is 6.30. The molecule has 8 heteroatoms. The number of carbonyl (C=O) groups is 3. The number of primary amides is 1. The van der Waals surface area contributed by atoms with Gasteiger partial charge in [-0.3, -0.25) is 9.59 Å². The van der Waals surface area contributed by atoms with Crippen LogP contribution in [-0.4, -0.2) is 24.5 Å². The maximum atomic E-state index is 12.1. The average Bonchev–Trinajstić information content (AvgIpc) is 2.62. The number of amides is 3. The van der Waals surface area contributed by atoms with Crippen molar-refractivity contribution in [2.24, 2.45) is 5.73 Å². The number of hydrogen-bond donors (Lipinski definition) is 3. The Labute approximate surface area is 168 Å². The zero-order chi connectivity index (χ0) is 20.7. The molecule has 7 nitrogen and oxygen atoms in total. The van der Waals surface area contributed by atoms with Crippen molar-refractivity contribution in [3.05, 3.63) is 64.2 Å². The molecule has 148 valence electrons. The quantitative estimate of drug-likeness (QED) is 0.616. The maximum Gasteiger partial charge on any atom is 0.312 e. The molecule has 1 atom stereocenters. The molecule has 3 amide bonds. The van der Waals surface area contributed by atoms with E-state index in [0.29, 0.717) is 16.3 Å². The van der Waals surface area contributed by atoms with E-state index in [-0.39, 0.29) is 6.42 Å². The molecule has 2 rings (SSSR count). The lowest BCUT2D eigenvalue weighted by atomic mass is 10.0. The Morgan fingerprint density at radius 1 is 1.11 bits per heavy atom. The van der Waals surface area contributed by atoms with Crippen LogP contribution in [0.15, 0.2) is 42.5 Å². The highest BCUT2D eigenvalue weighted by Gasteiger charge is 2.19. The average molecular weight is 404 g/mol. The van der Waals surface area contributed by atoms with Gasteiger partial charge in [-0.05, 0) is 43.2 Å². The number of benzene rings is 2. The van der Waals surface area contributed by atoms with Crippen molar-refractivity contribution in [1.82, 2.24) is 5.32 Å². The molecule has 0 bridgehead atoms. The number of halogens is 1. The van der Waals surface area contributed by atoms with E-state index in [9.17, 15) is 14.4 Å². The lowest BCUT2D eigenvalue weighted by molar-refractivity contribution is -0.147. The molecule has 0 saturated heterocycles. The van der Waals surface area contributed by atoms with Crippen LogP contribution < -0.4 is 16.4 Å². The minimum Gasteiger partial charge on any atom is -0.455 e. The smallest absolute Gasteiger partial charge is 0.312 e. The van der Waals surface area contributed by atoms with Gasteiger partial charge in [0.15, 0.2) is 6.61 Å². The van der Waals surface area contributed by atoms with Crippen molar-refractivity contribution in [2.45, 2.75) is 26.3 Å². The van der Waals surface area contributed by atoms with E-state index < -0.39 is 30.6 Å². The zero-order valence-electron chi connectivity index (χ0n) is 15.6. The Hall–Kier alpha value is -3.06. The van der Waals surface area contributed by atoms with Gasteiger partial charge >= 0.3 is 12.0 Å². The maximum absolute atomic E-state index is 12.1. The molecular formula is C20H22ClN3O4. The SMILES string of the molecule is Cc1ccc(NC(=O)COC(=O)C[C@@H](NC(N)=O)c2ccc(Cl)cc2)c(C)c1. The number of aryl methyl sites for hydroxylation is 2. The first kappa shape index (κ1) is 21.2. The summed E-state index contributed by atoms with van der Waals surface area (Å²) in [4.78, 5) is 35.4. The van der Waals surface area contributed by atoms with Gasteiger partial charge in [0, 0.05) is 10.7 Å². The Bertz CT molecular complexity index is 868. The Balaban J connectivity index is 1.92. The van der Waals surface area contributed by atoms with Gasteiger partial charge in [0.05, 0.1) is 12.5 Å². The van der Waals surface area contributed by atoms with E-state index in [1.807, 2.05) is 26.0 Å². The number of nitrogens with one attached hydrogen (secondary N) is 2. The highest BCUT2D eigenvalue weighted by atomic mass is 35.5. The van der Waals surface area contributed by atoms with Crippen LogP contribution in [0.4, 0.5) is 10.5 Å². The Morgan fingerprint density at radius 3 is 2.39 bits per heavy atom. The molecule has 0 aliphatic carbocycles. The summed E-state index contributed by atoms with van der Waals surface area (Å²) in [7, 11) is 0. The fourth-order valence-electron chi connectivity index (χ4n) is 2.63. The Morgan fingerprint density at radius 2 is 1.79 bits per heavy atom. The lowest BCUT2D eigenvalue weighted by Gasteiger charge is -2.17. The molecular weight excluding hydrogens is 382 g/mol. The van der Waals surface area contributed by atoms with Crippen molar-refractivity contribution >= 4 is 35.2 Å². The van der Waals surface area contributed by atoms with E-state index in [1.54, 1.807) is 30.3 Å². The molecule has 0 aromatic heterocycles. The molecule has 2 aromatic carbocycles. The summed E-state index contributed by atoms with van der Waals surface area (Å²) >= 11 is 5.85. The second-order valence-electron chi connectivity index (χ2n) is 6.34. The van der Waals surface area contributed by atoms with Gasteiger partial charge < -0.3 is 21.1 Å². The van der Waals surface area contributed by atoms with Gasteiger partial charge in [0.25, 0.3) is 5.91 Å². The van der Waals surface area contributed by atoms with Crippen molar-refractivity contribution in [3.63, 3.8) is 0 Å². The summed E-state index contributed by atoms with van der Waals surface area (Å²) in [6.07, 6.45) is -0.179. The van der Waals surface area contributed by atoms with Crippen LogP contribution in [0.5, 0.6) is 0 Å². The first-order valence-electron chi connectivity index (χ1n) is 8.58. The number of carbonyl (C=O) groups excluding carboxylic acids is 3.